The molecule has 1 aromatic carbocycles. The van der Waals surface area contributed by atoms with E-state index in [1.807, 2.05) is 24.5 Å². The van der Waals surface area contributed by atoms with Gasteiger partial charge in [0, 0.05) is 11.9 Å². The summed E-state index contributed by atoms with van der Waals surface area (Å²) in [7, 11) is 0. The molecule has 0 aliphatic heterocycles. The van der Waals surface area contributed by atoms with Gasteiger partial charge in [-0.2, -0.15) is 0 Å². The molecule has 2 aromatic heterocycles. The van der Waals surface area contributed by atoms with Gasteiger partial charge in [0.2, 0.25) is 0 Å². The van der Waals surface area contributed by atoms with Crippen LogP contribution in [0.3, 0.4) is 0 Å². The standard InChI is InChI=1S/C17H22N4/c1-2-3-4-5-8-11-21-12-19-15-16(21)13-9-6-7-10-14(13)20-17(15)18/h6-7,9-10,12H,2-5,8,11H2,1H3,(H2,18,20). The van der Waals surface area contributed by atoms with Crippen molar-refractivity contribution in [3.8, 4) is 0 Å². The van der Waals surface area contributed by atoms with E-state index in [1.54, 1.807) is 0 Å². The third kappa shape index (κ3) is 2.71. The lowest BCUT2D eigenvalue weighted by atomic mass is 10.1. The highest BCUT2D eigenvalue weighted by Gasteiger charge is 2.11. The Morgan fingerprint density at radius 2 is 1.90 bits per heavy atom. The van der Waals surface area contributed by atoms with Crippen LogP contribution >= 0.6 is 0 Å². The number of aromatic nitrogens is 3. The molecule has 2 heterocycles. The summed E-state index contributed by atoms with van der Waals surface area (Å²) < 4.78 is 2.22. The minimum Gasteiger partial charge on any atom is -0.382 e. The number of aryl methyl sites for hydroxylation is 1. The maximum atomic E-state index is 6.04. The van der Waals surface area contributed by atoms with Gasteiger partial charge in [-0.05, 0) is 12.5 Å². The summed E-state index contributed by atoms with van der Waals surface area (Å²) in [4.78, 5) is 8.90. The number of hydrogen-bond acceptors (Lipinski definition) is 3. The fraction of sp³-hybridized carbons (Fsp3) is 0.412. The molecule has 0 aliphatic rings. The molecule has 3 aromatic rings. The Labute approximate surface area is 125 Å². The second-order valence-corrected chi connectivity index (χ2v) is 5.56. The van der Waals surface area contributed by atoms with Gasteiger partial charge in [0.25, 0.3) is 0 Å². The Morgan fingerprint density at radius 1 is 1.10 bits per heavy atom. The van der Waals surface area contributed by atoms with E-state index >= 15 is 0 Å². The summed E-state index contributed by atoms with van der Waals surface area (Å²) in [6.07, 6.45) is 8.27. The highest BCUT2D eigenvalue weighted by molar-refractivity contribution is 6.06. The Morgan fingerprint density at radius 3 is 2.76 bits per heavy atom. The van der Waals surface area contributed by atoms with Crippen LogP contribution in [0.1, 0.15) is 39.0 Å². The molecule has 0 fully saturated rings. The average molecular weight is 282 g/mol. The largest absolute Gasteiger partial charge is 0.382 e. The number of pyridine rings is 1. The monoisotopic (exact) mass is 282 g/mol. The van der Waals surface area contributed by atoms with Crippen molar-refractivity contribution in [2.75, 3.05) is 5.73 Å². The third-order valence-corrected chi connectivity index (χ3v) is 3.98. The Kier molecular flexibility index (Phi) is 4.04. The number of para-hydroxylation sites is 1. The number of nitrogen functional groups attached to an aromatic ring is 1. The molecule has 0 radical (unpaired) electrons. The average Bonchev–Trinajstić information content (AvgIpc) is 2.92. The van der Waals surface area contributed by atoms with Crippen LogP contribution in [-0.4, -0.2) is 14.5 Å². The van der Waals surface area contributed by atoms with Gasteiger partial charge in [-0.15, -0.1) is 0 Å². The Balaban J connectivity index is 1.92. The lowest BCUT2D eigenvalue weighted by Gasteiger charge is -2.07. The molecule has 4 heteroatoms. The van der Waals surface area contributed by atoms with Gasteiger partial charge in [0.1, 0.15) is 5.52 Å². The summed E-state index contributed by atoms with van der Waals surface area (Å²) in [6, 6.07) is 8.13. The highest BCUT2D eigenvalue weighted by atomic mass is 15.1. The van der Waals surface area contributed by atoms with Crippen LogP contribution < -0.4 is 5.73 Å². The van der Waals surface area contributed by atoms with E-state index in [4.69, 9.17) is 5.73 Å². The quantitative estimate of drug-likeness (QED) is 0.691. The fourth-order valence-electron chi connectivity index (χ4n) is 2.86. The van der Waals surface area contributed by atoms with Gasteiger partial charge in [0.15, 0.2) is 5.82 Å². The molecular formula is C17H22N4. The molecule has 0 saturated carbocycles. The summed E-state index contributed by atoms with van der Waals surface area (Å²) in [5, 5.41) is 1.13. The summed E-state index contributed by atoms with van der Waals surface area (Å²) >= 11 is 0. The SMILES string of the molecule is CCCCCCCn1cnc2c(N)nc3ccccc3c21. The molecule has 0 spiro atoms. The van der Waals surface area contributed by atoms with Gasteiger partial charge in [-0.25, -0.2) is 9.97 Å². The second kappa shape index (κ2) is 6.12. The van der Waals surface area contributed by atoms with E-state index in [0.717, 1.165) is 28.5 Å². The lowest BCUT2D eigenvalue weighted by Crippen LogP contribution is -1.99. The van der Waals surface area contributed by atoms with Crippen LogP contribution in [0.5, 0.6) is 0 Å². The van der Waals surface area contributed by atoms with E-state index in [9.17, 15) is 0 Å². The zero-order valence-electron chi connectivity index (χ0n) is 12.5. The Hall–Kier alpha value is -2.10. The highest BCUT2D eigenvalue weighted by Crippen LogP contribution is 2.27. The Bertz CT molecular complexity index is 745. The molecule has 0 atom stereocenters. The van der Waals surface area contributed by atoms with Crippen LogP contribution in [0.4, 0.5) is 5.82 Å². The first-order valence-electron chi connectivity index (χ1n) is 7.80. The summed E-state index contributed by atoms with van der Waals surface area (Å²) in [6.45, 7) is 3.24. The van der Waals surface area contributed by atoms with E-state index in [-0.39, 0.29) is 0 Å². The number of anilines is 1. The first kappa shape index (κ1) is 13.9. The maximum Gasteiger partial charge on any atom is 0.152 e. The topological polar surface area (TPSA) is 56.7 Å². The number of nitrogens with two attached hydrogens (primary N) is 1. The number of fused-ring (bicyclic) bond motifs is 3. The minimum absolute atomic E-state index is 0.522. The van der Waals surface area contributed by atoms with Crippen LogP contribution in [-0.2, 0) is 6.54 Å². The van der Waals surface area contributed by atoms with Crippen molar-refractivity contribution < 1.29 is 0 Å². The molecule has 0 unspecified atom stereocenters. The predicted octanol–water partition coefficient (Wildman–Crippen LogP) is 4.14. The van der Waals surface area contributed by atoms with Crippen molar-refractivity contribution >= 4 is 27.8 Å². The molecule has 0 saturated heterocycles. The van der Waals surface area contributed by atoms with E-state index in [0.29, 0.717) is 5.82 Å². The number of hydrogen-bond donors (Lipinski definition) is 1. The lowest BCUT2D eigenvalue weighted by molar-refractivity contribution is 0.576. The maximum absolute atomic E-state index is 6.04. The van der Waals surface area contributed by atoms with Gasteiger partial charge < -0.3 is 10.3 Å². The van der Waals surface area contributed by atoms with Crippen molar-refractivity contribution in [3.63, 3.8) is 0 Å². The van der Waals surface area contributed by atoms with E-state index in [2.05, 4.69) is 27.5 Å². The number of benzene rings is 1. The zero-order valence-corrected chi connectivity index (χ0v) is 12.5. The van der Waals surface area contributed by atoms with Crippen molar-refractivity contribution in [2.45, 2.75) is 45.6 Å². The van der Waals surface area contributed by atoms with Gasteiger partial charge in [0.05, 0.1) is 17.4 Å². The molecule has 21 heavy (non-hydrogen) atoms. The molecular weight excluding hydrogens is 260 g/mol. The predicted molar refractivity (Wildman–Crippen MR) is 88.2 cm³/mol. The minimum atomic E-state index is 0.522. The van der Waals surface area contributed by atoms with E-state index in [1.165, 1.54) is 32.1 Å². The summed E-state index contributed by atoms with van der Waals surface area (Å²) in [5.74, 6) is 0.522. The molecule has 2 N–H and O–H groups in total. The van der Waals surface area contributed by atoms with E-state index < -0.39 is 0 Å². The fourth-order valence-corrected chi connectivity index (χ4v) is 2.86. The second-order valence-electron chi connectivity index (χ2n) is 5.56. The first-order valence-corrected chi connectivity index (χ1v) is 7.80. The number of rotatable bonds is 6. The smallest absolute Gasteiger partial charge is 0.152 e. The van der Waals surface area contributed by atoms with Gasteiger partial charge in [-0.3, -0.25) is 0 Å². The molecule has 4 nitrogen and oxygen atoms in total. The van der Waals surface area contributed by atoms with Gasteiger partial charge >= 0.3 is 0 Å². The first-order chi connectivity index (χ1) is 10.3. The number of unbranched alkanes of at least 4 members (excludes halogenated alkanes) is 4. The van der Waals surface area contributed by atoms with Crippen molar-refractivity contribution in [1.29, 1.82) is 0 Å². The van der Waals surface area contributed by atoms with Crippen LogP contribution in [0.15, 0.2) is 30.6 Å². The molecule has 0 aliphatic carbocycles. The van der Waals surface area contributed by atoms with Crippen molar-refractivity contribution in [1.82, 2.24) is 14.5 Å². The third-order valence-electron chi connectivity index (χ3n) is 3.98. The van der Waals surface area contributed by atoms with Crippen LogP contribution in [0.25, 0.3) is 21.9 Å². The normalized spacial score (nSPS) is 11.5. The molecule has 0 amide bonds. The summed E-state index contributed by atoms with van der Waals surface area (Å²) in [5.41, 5.74) is 8.92. The van der Waals surface area contributed by atoms with Crippen molar-refractivity contribution in [3.05, 3.63) is 30.6 Å². The molecule has 0 bridgehead atoms. The van der Waals surface area contributed by atoms with Gasteiger partial charge in [-0.1, -0.05) is 50.8 Å². The van der Waals surface area contributed by atoms with Crippen molar-refractivity contribution in [2.24, 2.45) is 0 Å². The van der Waals surface area contributed by atoms with Crippen LogP contribution in [0, 0.1) is 0 Å². The zero-order chi connectivity index (χ0) is 14.7. The molecule has 110 valence electrons. The number of imidazole rings is 1. The molecule has 3 rings (SSSR count). The van der Waals surface area contributed by atoms with Crippen LogP contribution in [0.2, 0.25) is 0 Å². The number of nitrogens with zero attached hydrogens (tertiary/aromatic N) is 3.